The molecule has 3 heteroatoms. The number of allylic oxidation sites excluding steroid dienone is 2. The van der Waals surface area contributed by atoms with Gasteiger partial charge in [0, 0.05) is 10.9 Å². The second-order valence-corrected chi connectivity index (χ2v) is 7.46. The fourth-order valence-electron chi connectivity index (χ4n) is 3.73. The van der Waals surface area contributed by atoms with Crippen molar-refractivity contribution < 1.29 is 10.2 Å². The number of phenols is 2. The van der Waals surface area contributed by atoms with Gasteiger partial charge in [-0.1, -0.05) is 46.6 Å². The maximum absolute atomic E-state index is 10.6. The monoisotopic (exact) mass is 400 g/mol. The lowest BCUT2D eigenvalue weighted by Gasteiger charge is -2.17. The summed E-state index contributed by atoms with van der Waals surface area (Å²) in [5.74, 6) is 0.686. The molecule has 2 N–H and O–H groups in total. The van der Waals surface area contributed by atoms with Crippen LogP contribution in [-0.2, 0) is 6.42 Å². The van der Waals surface area contributed by atoms with E-state index in [1.54, 1.807) is 18.2 Å². The largest absolute Gasteiger partial charge is 0.508 e. The minimum Gasteiger partial charge on any atom is -0.508 e. The summed E-state index contributed by atoms with van der Waals surface area (Å²) < 4.78 is 0. The van der Waals surface area contributed by atoms with Crippen LogP contribution >= 0.6 is 15.9 Å². The van der Waals surface area contributed by atoms with Crippen molar-refractivity contribution in [3.8, 4) is 11.5 Å². The number of hydrogen-bond acceptors (Lipinski definition) is 2. The predicted molar refractivity (Wildman–Crippen MR) is 108 cm³/mol. The standard InChI is InChI=1S/C22H25BrO2/c23-15-3-1-2-8-20-19(16-11-13-18(24)14-12-16)9-4-6-17-7-5-10-21(25)22(17)20/h5,7,10-14,24-25H,1-4,6,8-9,15H2. The third kappa shape index (κ3) is 4.27. The molecule has 0 fully saturated rings. The van der Waals surface area contributed by atoms with Crippen LogP contribution in [0, 0.1) is 0 Å². The maximum atomic E-state index is 10.6. The van der Waals surface area contributed by atoms with E-state index in [1.807, 2.05) is 18.2 Å². The summed E-state index contributed by atoms with van der Waals surface area (Å²) in [6.45, 7) is 0. The van der Waals surface area contributed by atoms with Crippen molar-refractivity contribution in [3.05, 3.63) is 59.2 Å². The van der Waals surface area contributed by atoms with Crippen molar-refractivity contribution in [1.82, 2.24) is 0 Å². The van der Waals surface area contributed by atoms with E-state index in [4.69, 9.17) is 0 Å². The number of aromatic hydroxyl groups is 2. The highest BCUT2D eigenvalue weighted by Crippen LogP contribution is 2.42. The van der Waals surface area contributed by atoms with Crippen LogP contribution in [0.15, 0.2) is 42.5 Å². The third-order valence-corrected chi connectivity index (χ3v) is 5.50. The lowest BCUT2D eigenvalue weighted by atomic mass is 9.88. The van der Waals surface area contributed by atoms with Gasteiger partial charge >= 0.3 is 0 Å². The van der Waals surface area contributed by atoms with Crippen molar-refractivity contribution in [2.75, 3.05) is 5.33 Å². The zero-order valence-corrected chi connectivity index (χ0v) is 16.1. The Morgan fingerprint density at radius 2 is 1.68 bits per heavy atom. The van der Waals surface area contributed by atoms with Gasteiger partial charge in [0.15, 0.2) is 0 Å². The van der Waals surface area contributed by atoms with Gasteiger partial charge in [-0.15, -0.1) is 0 Å². The van der Waals surface area contributed by atoms with Crippen molar-refractivity contribution >= 4 is 27.1 Å². The summed E-state index contributed by atoms with van der Waals surface area (Å²) in [6, 6.07) is 13.4. The second-order valence-electron chi connectivity index (χ2n) is 6.67. The molecule has 3 rings (SSSR count). The highest BCUT2D eigenvalue weighted by atomic mass is 79.9. The molecule has 1 aliphatic carbocycles. The number of fused-ring (bicyclic) bond motifs is 1. The quantitative estimate of drug-likeness (QED) is 0.441. The summed E-state index contributed by atoms with van der Waals surface area (Å²) in [5, 5.41) is 21.2. The number of halogens is 1. The molecule has 132 valence electrons. The van der Waals surface area contributed by atoms with E-state index in [0.717, 1.165) is 48.6 Å². The molecule has 2 aromatic carbocycles. The minimum atomic E-state index is 0.292. The van der Waals surface area contributed by atoms with Crippen molar-refractivity contribution in [3.63, 3.8) is 0 Å². The fraction of sp³-hybridized carbons (Fsp3) is 0.364. The van der Waals surface area contributed by atoms with Gasteiger partial charge in [0.2, 0.25) is 0 Å². The summed E-state index contributed by atoms with van der Waals surface area (Å²) in [6.07, 6.45) is 7.54. The minimum absolute atomic E-state index is 0.292. The maximum Gasteiger partial charge on any atom is 0.123 e. The Morgan fingerprint density at radius 1 is 0.880 bits per heavy atom. The number of hydrogen-bond donors (Lipinski definition) is 2. The molecule has 2 nitrogen and oxygen atoms in total. The lowest BCUT2D eigenvalue weighted by Crippen LogP contribution is -1.95. The smallest absolute Gasteiger partial charge is 0.123 e. The van der Waals surface area contributed by atoms with E-state index in [1.165, 1.54) is 29.6 Å². The van der Waals surface area contributed by atoms with Crippen molar-refractivity contribution in [1.29, 1.82) is 0 Å². The lowest BCUT2D eigenvalue weighted by molar-refractivity contribution is 0.472. The molecule has 0 spiro atoms. The number of aryl methyl sites for hydroxylation is 1. The van der Waals surface area contributed by atoms with Gasteiger partial charge in [-0.2, -0.15) is 0 Å². The molecule has 25 heavy (non-hydrogen) atoms. The normalized spacial score (nSPS) is 14.3. The Balaban J connectivity index is 2.06. The number of alkyl halides is 1. The molecule has 0 unspecified atom stereocenters. The number of benzene rings is 2. The summed E-state index contributed by atoms with van der Waals surface area (Å²) >= 11 is 3.51. The summed E-state index contributed by atoms with van der Waals surface area (Å²) in [5.41, 5.74) is 6.06. The predicted octanol–water partition coefficient (Wildman–Crippen LogP) is 6.30. The van der Waals surface area contributed by atoms with E-state index < -0.39 is 0 Å². The average Bonchev–Trinajstić information content (AvgIpc) is 2.80. The fourth-order valence-corrected chi connectivity index (χ4v) is 4.13. The second kappa shape index (κ2) is 8.57. The van der Waals surface area contributed by atoms with Crippen LogP contribution in [0.25, 0.3) is 11.1 Å². The van der Waals surface area contributed by atoms with Crippen LogP contribution in [0.5, 0.6) is 11.5 Å². The Bertz CT molecular complexity index is 747. The van der Waals surface area contributed by atoms with E-state index in [2.05, 4.69) is 22.0 Å². The first kappa shape index (κ1) is 18.1. The Labute approximate surface area is 158 Å². The van der Waals surface area contributed by atoms with Crippen LogP contribution in [0.3, 0.4) is 0 Å². The molecule has 2 aromatic rings. The highest BCUT2D eigenvalue weighted by Gasteiger charge is 2.21. The Kier molecular flexibility index (Phi) is 6.19. The van der Waals surface area contributed by atoms with Crippen molar-refractivity contribution in [2.45, 2.75) is 44.9 Å². The molecule has 0 saturated carbocycles. The first-order valence-electron chi connectivity index (χ1n) is 9.09. The van der Waals surface area contributed by atoms with Gasteiger partial charge in [-0.25, -0.2) is 0 Å². The summed E-state index contributed by atoms with van der Waals surface area (Å²) in [7, 11) is 0. The van der Waals surface area contributed by atoms with E-state index in [-0.39, 0.29) is 0 Å². The van der Waals surface area contributed by atoms with Gasteiger partial charge in [-0.05, 0) is 79.0 Å². The summed E-state index contributed by atoms with van der Waals surface area (Å²) in [4.78, 5) is 0. The molecule has 0 radical (unpaired) electrons. The topological polar surface area (TPSA) is 40.5 Å². The van der Waals surface area contributed by atoms with Gasteiger partial charge in [0.1, 0.15) is 11.5 Å². The molecular weight excluding hydrogens is 376 g/mol. The molecular formula is C22H25BrO2. The van der Waals surface area contributed by atoms with Gasteiger partial charge in [0.25, 0.3) is 0 Å². The average molecular weight is 401 g/mol. The number of unbranched alkanes of at least 4 members (excludes halogenated alkanes) is 2. The Morgan fingerprint density at radius 3 is 2.44 bits per heavy atom. The molecule has 0 saturated heterocycles. The highest BCUT2D eigenvalue weighted by molar-refractivity contribution is 9.09. The molecule has 0 bridgehead atoms. The van der Waals surface area contributed by atoms with Gasteiger partial charge in [-0.3, -0.25) is 0 Å². The van der Waals surface area contributed by atoms with Gasteiger partial charge in [0.05, 0.1) is 0 Å². The molecule has 0 amide bonds. The van der Waals surface area contributed by atoms with Crippen LogP contribution in [0.2, 0.25) is 0 Å². The third-order valence-electron chi connectivity index (χ3n) is 4.94. The van der Waals surface area contributed by atoms with E-state index in [9.17, 15) is 10.2 Å². The molecule has 0 heterocycles. The van der Waals surface area contributed by atoms with Crippen molar-refractivity contribution in [2.24, 2.45) is 0 Å². The molecule has 0 aromatic heterocycles. The van der Waals surface area contributed by atoms with Gasteiger partial charge < -0.3 is 10.2 Å². The van der Waals surface area contributed by atoms with E-state index in [0.29, 0.717) is 11.5 Å². The van der Waals surface area contributed by atoms with Crippen LogP contribution in [0.4, 0.5) is 0 Å². The zero-order chi connectivity index (χ0) is 17.6. The first-order chi connectivity index (χ1) is 12.2. The van der Waals surface area contributed by atoms with Crippen LogP contribution in [-0.4, -0.2) is 15.5 Å². The first-order valence-corrected chi connectivity index (χ1v) is 10.2. The molecule has 0 atom stereocenters. The van der Waals surface area contributed by atoms with Crippen LogP contribution in [0.1, 0.15) is 55.2 Å². The molecule has 0 aliphatic heterocycles. The Hall–Kier alpha value is -1.74. The number of rotatable bonds is 6. The zero-order valence-electron chi connectivity index (χ0n) is 14.5. The number of phenolic OH excluding ortho intramolecular Hbond substituents is 2. The molecule has 1 aliphatic rings. The van der Waals surface area contributed by atoms with Crippen LogP contribution < -0.4 is 0 Å². The van der Waals surface area contributed by atoms with E-state index >= 15 is 0 Å². The SMILES string of the molecule is Oc1ccc(C2=C(CCCCCBr)c3c(O)cccc3CCC2)cc1.